The van der Waals surface area contributed by atoms with Crippen molar-refractivity contribution in [2.45, 2.75) is 81.2 Å². The van der Waals surface area contributed by atoms with Crippen molar-refractivity contribution >= 4 is 5.97 Å². The van der Waals surface area contributed by atoms with Gasteiger partial charge in [0.25, 0.3) is 0 Å². The first-order chi connectivity index (χ1) is 17.2. The Morgan fingerprint density at radius 2 is 1.86 bits per heavy atom. The Morgan fingerprint density at radius 3 is 2.44 bits per heavy atom. The van der Waals surface area contributed by atoms with Crippen molar-refractivity contribution in [3.05, 3.63) is 0 Å². The van der Waals surface area contributed by atoms with Crippen molar-refractivity contribution in [2.75, 3.05) is 48.1 Å². The van der Waals surface area contributed by atoms with Crippen molar-refractivity contribution < 1.29 is 38.7 Å². The summed E-state index contributed by atoms with van der Waals surface area (Å²) in [5.74, 6) is -0.924. The molecule has 0 radical (unpaired) electrons. The molecule has 1 heterocycles. The van der Waals surface area contributed by atoms with Crippen LogP contribution < -0.4 is 0 Å². The first-order valence-electron chi connectivity index (χ1n) is 13.6. The third-order valence-corrected chi connectivity index (χ3v) is 11.8. The molecule has 6 fully saturated rings. The second kappa shape index (κ2) is 8.10. The number of hydrogen-bond donors (Lipinski definition) is 2. The molecule has 0 aromatic carbocycles. The number of carbonyl (C=O) groups excluding carboxylic acids is 1. The van der Waals surface area contributed by atoms with Gasteiger partial charge < -0.3 is 33.9 Å². The summed E-state index contributed by atoms with van der Waals surface area (Å²) in [6.07, 6.45) is 1.20. The minimum atomic E-state index is -1.59. The van der Waals surface area contributed by atoms with Crippen LogP contribution in [0, 0.1) is 34.5 Å². The van der Waals surface area contributed by atoms with Crippen LogP contribution in [-0.2, 0) is 28.5 Å². The van der Waals surface area contributed by atoms with Gasteiger partial charge in [-0.25, -0.2) is 0 Å². The van der Waals surface area contributed by atoms with Gasteiger partial charge in [0.2, 0.25) is 0 Å². The second-order valence-corrected chi connectivity index (χ2v) is 12.5. The number of fused-ring (bicyclic) bond motifs is 2. The fourth-order valence-corrected chi connectivity index (χ4v) is 11.3. The highest BCUT2D eigenvalue weighted by Crippen LogP contribution is 2.80. The fraction of sp³-hybridized carbons (Fsp3) is 0.963. The lowest BCUT2D eigenvalue weighted by atomic mass is 9.42. The van der Waals surface area contributed by atoms with Crippen LogP contribution in [0.15, 0.2) is 0 Å². The van der Waals surface area contributed by atoms with Gasteiger partial charge in [0, 0.05) is 76.9 Å². The van der Waals surface area contributed by atoms with Crippen LogP contribution in [0.1, 0.15) is 39.5 Å². The quantitative estimate of drug-likeness (QED) is 0.483. The van der Waals surface area contributed by atoms with Crippen molar-refractivity contribution in [1.29, 1.82) is 0 Å². The van der Waals surface area contributed by atoms with E-state index in [1.165, 1.54) is 6.92 Å². The normalized spacial score (nSPS) is 56.6. The van der Waals surface area contributed by atoms with E-state index < -0.39 is 34.7 Å². The van der Waals surface area contributed by atoms with Crippen LogP contribution in [0.25, 0.3) is 0 Å². The topological polar surface area (TPSA) is 107 Å². The number of nitrogens with zero attached hydrogens (tertiary/aromatic N) is 1. The Labute approximate surface area is 213 Å². The zero-order chi connectivity index (χ0) is 25.8. The minimum Gasteiger partial charge on any atom is -0.462 e. The maximum Gasteiger partial charge on any atom is 0.302 e. The third kappa shape index (κ3) is 2.55. The van der Waals surface area contributed by atoms with Gasteiger partial charge in [-0.15, -0.1) is 0 Å². The SMILES string of the molecule is CCN1C[C@]2(COC)CC[C@@H](OC)[C@]34C5C[C@@H]6[C@@H](OC)C[C@@](O)(C5[C@H]6OC(C)=O)[C@](O)(C13)[C@@H](OC)C24. The molecule has 5 saturated carbocycles. The Morgan fingerprint density at radius 1 is 1.11 bits per heavy atom. The molecule has 6 aliphatic rings. The fourth-order valence-electron chi connectivity index (χ4n) is 11.3. The zero-order valence-electron chi connectivity index (χ0n) is 22.4. The van der Waals surface area contributed by atoms with Gasteiger partial charge in [-0.1, -0.05) is 6.92 Å². The number of ether oxygens (including phenoxy) is 5. The molecule has 13 atom stereocenters. The van der Waals surface area contributed by atoms with Gasteiger partial charge in [-0.3, -0.25) is 9.69 Å². The number of likely N-dealkylation sites (tertiary alicyclic amines) is 1. The van der Waals surface area contributed by atoms with E-state index in [0.717, 1.165) is 32.4 Å². The summed E-state index contributed by atoms with van der Waals surface area (Å²) in [5.41, 5.74) is -3.87. The number of likely N-dealkylation sites (N-methyl/N-ethyl adjacent to an activating group) is 1. The Hall–Kier alpha value is -0.810. The van der Waals surface area contributed by atoms with E-state index in [2.05, 4.69) is 11.8 Å². The highest BCUT2D eigenvalue weighted by molar-refractivity contribution is 5.66. The molecule has 7 bridgehead atoms. The van der Waals surface area contributed by atoms with E-state index in [9.17, 15) is 15.0 Å². The average Bonchev–Trinajstić information content (AvgIpc) is 3.23. The lowest BCUT2D eigenvalue weighted by Crippen LogP contribution is -2.82. The van der Waals surface area contributed by atoms with Gasteiger partial charge in [0.05, 0.1) is 31.0 Å². The highest BCUT2D eigenvalue weighted by Gasteiger charge is 2.91. The van der Waals surface area contributed by atoms with E-state index in [4.69, 9.17) is 23.7 Å². The van der Waals surface area contributed by atoms with Gasteiger partial charge in [-0.2, -0.15) is 0 Å². The molecule has 1 aliphatic heterocycles. The summed E-state index contributed by atoms with van der Waals surface area (Å²) in [6.45, 7) is 5.62. The van der Waals surface area contributed by atoms with Crippen molar-refractivity contribution in [3.63, 3.8) is 0 Å². The van der Waals surface area contributed by atoms with Gasteiger partial charge >= 0.3 is 5.97 Å². The van der Waals surface area contributed by atoms with Crippen LogP contribution in [-0.4, -0.2) is 111 Å². The molecule has 9 heteroatoms. The van der Waals surface area contributed by atoms with E-state index in [1.54, 1.807) is 28.4 Å². The summed E-state index contributed by atoms with van der Waals surface area (Å²) in [6, 6.07) is -0.348. The largest absolute Gasteiger partial charge is 0.462 e. The zero-order valence-corrected chi connectivity index (χ0v) is 22.4. The molecular formula is C27H43NO8. The van der Waals surface area contributed by atoms with Crippen molar-refractivity contribution in [1.82, 2.24) is 4.90 Å². The third-order valence-electron chi connectivity index (χ3n) is 11.8. The molecular weight excluding hydrogens is 466 g/mol. The molecule has 5 aliphatic carbocycles. The molecule has 1 saturated heterocycles. The summed E-state index contributed by atoms with van der Waals surface area (Å²) in [5, 5.41) is 26.0. The van der Waals surface area contributed by atoms with E-state index in [0.29, 0.717) is 6.61 Å². The van der Waals surface area contributed by atoms with Crippen molar-refractivity contribution in [2.24, 2.45) is 34.5 Å². The van der Waals surface area contributed by atoms with Crippen LogP contribution in [0.5, 0.6) is 0 Å². The molecule has 6 rings (SSSR count). The van der Waals surface area contributed by atoms with Gasteiger partial charge in [-0.05, 0) is 31.7 Å². The lowest BCUT2D eigenvalue weighted by Gasteiger charge is -2.70. The summed E-state index contributed by atoms with van der Waals surface area (Å²) in [7, 11) is 6.83. The van der Waals surface area contributed by atoms with Gasteiger partial charge in [0.1, 0.15) is 17.3 Å². The number of esters is 1. The van der Waals surface area contributed by atoms with Crippen LogP contribution in [0.3, 0.4) is 0 Å². The Balaban J connectivity index is 1.66. The van der Waals surface area contributed by atoms with Crippen LogP contribution in [0.4, 0.5) is 0 Å². The predicted octanol–water partition coefficient (Wildman–Crippen LogP) is 0.842. The van der Waals surface area contributed by atoms with E-state index in [1.807, 2.05) is 0 Å². The number of rotatable bonds is 7. The number of carbonyl (C=O) groups is 1. The molecule has 2 N–H and O–H groups in total. The minimum absolute atomic E-state index is 0.0248. The number of hydrogen-bond acceptors (Lipinski definition) is 9. The molecule has 0 aromatic heterocycles. The monoisotopic (exact) mass is 509 g/mol. The first kappa shape index (κ1) is 25.5. The maximum atomic E-state index is 13.1. The summed E-state index contributed by atoms with van der Waals surface area (Å²) in [4.78, 5) is 14.7. The highest BCUT2D eigenvalue weighted by atomic mass is 16.6. The second-order valence-electron chi connectivity index (χ2n) is 12.5. The smallest absolute Gasteiger partial charge is 0.302 e. The molecule has 0 amide bonds. The van der Waals surface area contributed by atoms with Crippen molar-refractivity contribution in [3.8, 4) is 0 Å². The summed E-state index contributed by atoms with van der Waals surface area (Å²) >= 11 is 0. The average molecular weight is 510 g/mol. The molecule has 9 nitrogen and oxygen atoms in total. The number of piperidine rings is 1. The maximum absolute atomic E-state index is 13.1. The molecule has 4 unspecified atom stereocenters. The Kier molecular flexibility index (Phi) is 5.73. The molecule has 0 aromatic rings. The lowest BCUT2D eigenvalue weighted by molar-refractivity contribution is -0.319. The standard InChI is InChI=1S/C27H43NO8/c1-7-28-12-24(13-32-3)9-8-18(34-5)26-16-10-15-17(33-4)11-25(30,19(16)20(15)36-14(2)29)27(31,23(26)28)22(35-6)21(24)26/h15-23,30-31H,7-13H2,1-6H3/t15-,16?,17+,18-,19?,20+,21?,22+,23?,24+,25-,26+,27-/m1/s1. The Bertz CT molecular complexity index is 918. The predicted molar refractivity (Wildman–Crippen MR) is 128 cm³/mol. The first-order valence-corrected chi connectivity index (χ1v) is 13.6. The molecule has 36 heavy (non-hydrogen) atoms. The van der Waals surface area contributed by atoms with E-state index >= 15 is 0 Å². The van der Waals surface area contributed by atoms with Crippen LogP contribution in [0.2, 0.25) is 0 Å². The van der Waals surface area contributed by atoms with E-state index in [-0.39, 0.29) is 53.8 Å². The number of aliphatic hydroxyl groups is 2. The van der Waals surface area contributed by atoms with Crippen LogP contribution >= 0.6 is 0 Å². The molecule has 204 valence electrons. The summed E-state index contributed by atoms with van der Waals surface area (Å²) < 4.78 is 30.5. The molecule has 1 spiro atoms. The van der Waals surface area contributed by atoms with Gasteiger partial charge in [0.15, 0.2) is 0 Å². The number of methoxy groups -OCH3 is 4.